The van der Waals surface area contributed by atoms with Crippen LogP contribution in [-0.2, 0) is 9.47 Å². The fraction of sp³-hybridized carbons (Fsp3) is 1.00. The van der Waals surface area contributed by atoms with E-state index in [4.69, 9.17) is 15.2 Å². The van der Waals surface area contributed by atoms with Gasteiger partial charge in [-0.15, -0.1) is 0 Å². The number of nitrogens with zero attached hydrogens (tertiary/aromatic N) is 1. The average Bonchev–Trinajstić information content (AvgIpc) is 2.24. The predicted molar refractivity (Wildman–Crippen MR) is 58.8 cm³/mol. The molecule has 0 aromatic rings. The molecule has 2 saturated heterocycles. The number of rotatable bonds is 4. The molecule has 0 aromatic carbocycles. The fourth-order valence-corrected chi connectivity index (χ4v) is 2.21. The molecule has 0 spiro atoms. The Labute approximate surface area is 91.7 Å². The number of hydrogen-bond acceptors (Lipinski definition) is 4. The van der Waals surface area contributed by atoms with E-state index in [2.05, 4.69) is 11.8 Å². The van der Waals surface area contributed by atoms with Gasteiger partial charge in [0.05, 0.1) is 26.4 Å². The summed E-state index contributed by atoms with van der Waals surface area (Å²) in [4.78, 5) is 2.47. The van der Waals surface area contributed by atoms with Crippen LogP contribution in [0.15, 0.2) is 0 Å². The lowest BCUT2D eigenvalue weighted by atomic mass is 9.84. The van der Waals surface area contributed by atoms with Gasteiger partial charge in [0, 0.05) is 24.5 Å². The Balaban J connectivity index is 1.76. The summed E-state index contributed by atoms with van der Waals surface area (Å²) in [5, 5.41) is 0. The summed E-state index contributed by atoms with van der Waals surface area (Å²) >= 11 is 0. The zero-order chi connectivity index (χ0) is 10.7. The van der Waals surface area contributed by atoms with Gasteiger partial charge >= 0.3 is 0 Å². The second-order valence-corrected chi connectivity index (χ2v) is 5.05. The molecule has 2 rings (SSSR count). The van der Waals surface area contributed by atoms with E-state index in [0.29, 0.717) is 18.0 Å². The molecule has 4 nitrogen and oxygen atoms in total. The molecule has 1 atom stereocenters. The SMILES string of the molecule is CC1(CCN2CCOCC2CN)COC1. The Morgan fingerprint density at radius 1 is 1.40 bits per heavy atom. The Bertz CT molecular complexity index is 207. The van der Waals surface area contributed by atoms with Gasteiger partial charge in [-0.2, -0.15) is 0 Å². The highest BCUT2D eigenvalue weighted by atomic mass is 16.5. The molecule has 0 aliphatic carbocycles. The molecular weight excluding hydrogens is 192 g/mol. The van der Waals surface area contributed by atoms with E-state index in [-0.39, 0.29) is 0 Å². The standard InChI is InChI=1S/C11H22N2O2/c1-11(8-15-9-11)2-3-13-4-5-14-7-10(13)6-12/h10H,2-9,12H2,1H3. The lowest BCUT2D eigenvalue weighted by Gasteiger charge is -2.41. The van der Waals surface area contributed by atoms with Crippen molar-refractivity contribution in [2.24, 2.45) is 11.1 Å². The molecule has 15 heavy (non-hydrogen) atoms. The molecule has 1 unspecified atom stereocenters. The molecule has 2 N–H and O–H groups in total. The third-order valence-corrected chi connectivity index (χ3v) is 3.53. The summed E-state index contributed by atoms with van der Waals surface area (Å²) in [5.74, 6) is 0. The van der Waals surface area contributed by atoms with Crippen molar-refractivity contribution >= 4 is 0 Å². The van der Waals surface area contributed by atoms with Crippen molar-refractivity contribution in [2.45, 2.75) is 19.4 Å². The highest BCUT2D eigenvalue weighted by Gasteiger charge is 2.34. The van der Waals surface area contributed by atoms with Gasteiger partial charge in [-0.1, -0.05) is 6.92 Å². The maximum Gasteiger partial charge on any atom is 0.0634 e. The summed E-state index contributed by atoms with van der Waals surface area (Å²) in [7, 11) is 0. The van der Waals surface area contributed by atoms with Gasteiger partial charge in [0.1, 0.15) is 0 Å². The molecule has 0 aromatic heterocycles. The molecule has 2 aliphatic heterocycles. The van der Waals surface area contributed by atoms with Crippen LogP contribution >= 0.6 is 0 Å². The molecular formula is C11H22N2O2. The van der Waals surface area contributed by atoms with E-state index < -0.39 is 0 Å². The molecule has 4 heteroatoms. The van der Waals surface area contributed by atoms with E-state index in [0.717, 1.165) is 39.5 Å². The van der Waals surface area contributed by atoms with Crippen LogP contribution in [0.2, 0.25) is 0 Å². The van der Waals surface area contributed by atoms with Crippen LogP contribution in [0, 0.1) is 5.41 Å². The third-order valence-electron chi connectivity index (χ3n) is 3.53. The first kappa shape index (κ1) is 11.3. The van der Waals surface area contributed by atoms with Crippen molar-refractivity contribution in [3.8, 4) is 0 Å². The summed E-state index contributed by atoms with van der Waals surface area (Å²) in [6.45, 7) is 8.65. The minimum atomic E-state index is 0.414. The minimum absolute atomic E-state index is 0.414. The molecule has 0 saturated carbocycles. The van der Waals surface area contributed by atoms with Crippen molar-refractivity contribution in [1.82, 2.24) is 4.90 Å². The van der Waals surface area contributed by atoms with Crippen molar-refractivity contribution in [2.75, 3.05) is 46.1 Å². The van der Waals surface area contributed by atoms with Gasteiger partial charge < -0.3 is 15.2 Å². The van der Waals surface area contributed by atoms with E-state index >= 15 is 0 Å². The summed E-state index contributed by atoms with van der Waals surface area (Å²) in [6.07, 6.45) is 1.21. The second kappa shape index (κ2) is 4.78. The van der Waals surface area contributed by atoms with Crippen LogP contribution in [0.4, 0.5) is 0 Å². The molecule has 0 radical (unpaired) electrons. The van der Waals surface area contributed by atoms with Crippen molar-refractivity contribution in [3.63, 3.8) is 0 Å². The van der Waals surface area contributed by atoms with Crippen LogP contribution in [0.25, 0.3) is 0 Å². The van der Waals surface area contributed by atoms with Gasteiger partial charge in [-0.3, -0.25) is 4.90 Å². The number of morpholine rings is 1. The second-order valence-electron chi connectivity index (χ2n) is 5.05. The summed E-state index contributed by atoms with van der Waals surface area (Å²) in [5.41, 5.74) is 6.15. The van der Waals surface area contributed by atoms with E-state index in [1.807, 2.05) is 0 Å². The Morgan fingerprint density at radius 3 is 2.80 bits per heavy atom. The highest BCUT2D eigenvalue weighted by Crippen LogP contribution is 2.30. The van der Waals surface area contributed by atoms with Gasteiger partial charge in [-0.25, -0.2) is 0 Å². The van der Waals surface area contributed by atoms with Crippen molar-refractivity contribution in [1.29, 1.82) is 0 Å². The highest BCUT2D eigenvalue weighted by molar-refractivity contribution is 4.84. The lowest BCUT2D eigenvalue weighted by Crippen LogP contribution is -2.51. The molecule has 2 aliphatic rings. The van der Waals surface area contributed by atoms with E-state index in [9.17, 15) is 0 Å². The van der Waals surface area contributed by atoms with Crippen LogP contribution in [0.5, 0.6) is 0 Å². The van der Waals surface area contributed by atoms with E-state index in [1.54, 1.807) is 0 Å². The zero-order valence-corrected chi connectivity index (χ0v) is 9.58. The van der Waals surface area contributed by atoms with Crippen LogP contribution in [0.3, 0.4) is 0 Å². The molecule has 2 heterocycles. The van der Waals surface area contributed by atoms with Crippen LogP contribution in [-0.4, -0.2) is 57.0 Å². The van der Waals surface area contributed by atoms with Crippen LogP contribution in [0.1, 0.15) is 13.3 Å². The molecule has 0 amide bonds. The van der Waals surface area contributed by atoms with E-state index in [1.165, 1.54) is 6.42 Å². The largest absolute Gasteiger partial charge is 0.380 e. The fourth-order valence-electron chi connectivity index (χ4n) is 2.21. The average molecular weight is 214 g/mol. The molecule has 88 valence electrons. The normalized spacial score (nSPS) is 31.2. The predicted octanol–water partition coefficient (Wildman–Crippen LogP) is 0.0725. The minimum Gasteiger partial charge on any atom is -0.380 e. The van der Waals surface area contributed by atoms with Gasteiger partial charge in [0.15, 0.2) is 0 Å². The third kappa shape index (κ3) is 2.69. The first-order chi connectivity index (χ1) is 7.23. The Morgan fingerprint density at radius 2 is 2.20 bits per heavy atom. The summed E-state index contributed by atoms with van der Waals surface area (Å²) < 4.78 is 10.7. The zero-order valence-electron chi connectivity index (χ0n) is 9.58. The number of nitrogens with two attached hydrogens (primary N) is 1. The molecule has 2 fully saturated rings. The lowest BCUT2D eigenvalue weighted by molar-refractivity contribution is -0.113. The van der Waals surface area contributed by atoms with Crippen molar-refractivity contribution < 1.29 is 9.47 Å². The van der Waals surface area contributed by atoms with Gasteiger partial charge in [0.2, 0.25) is 0 Å². The first-order valence-electron chi connectivity index (χ1n) is 5.83. The first-order valence-corrected chi connectivity index (χ1v) is 5.83. The smallest absolute Gasteiger partial charge is 0.0634 e. The summed E-state index contributed by atoms with van der Waals surface area (Å²) in [6, 6.07) is 0.420. The maximum absolute atomic E-state index is 5.73. The number of ether oxygens (including phenoxy) is 2. The topological polar surface area (TPSA) is 47.7 Å². The quantitative estimate of drug-likeness (QED) is 0.719. The Hall–Kier alpha value is -0.160. The number of hydrogen-bond donors (Lipinski definition) is 1. The van der Waals surface area contributed by atoms with Gasteiger partial charge in [0.25, 0.3) is 0 Å². The van der Waals surface area contributed by atoms with Gasteiger partial charge in [-0.05, 0) is 13.0 Å². The Kier molecular flexibility index (Phi) is 3.61. The monoisotopic (exact) mass is 214 g/mol. The molecule has 0 bridgehead atoms. The van der Waals surface area contributed by atoms with Crippen LogP contribution < -0.4 is 5.73 Å². The van der Waals surface area contributed by atoms with Crippen molar-refractivity contribution in [3.05, 3.63) is 0 Å². The maximum atomic E-state index is 5.73.